The maximum atomic E-state index is 12.8. The fraction of sp³-hybridized carbons (Fsp3) is 0.478. The molecule has 160 valence electrons. The molecule has 0 radical (unpaired) electrons. The number of fused-ring (bicyclic) bond motifs is 1. The first-order valence-electron chi connectivity index (χ1n) is 10.8. The van der Waals surface area contributed by atoms with Gasteiger partial charge in [-0.2, -0.15) is 0 Å². The van der Waals surface area contributed by atoms with E-state index in [0.717, 1.165) is 51.0 Å². The van der Waals surface area contributed by atoms with E-state index in [1.165, 1.54) is 21.0 Å². The van der Waals surface area contributed by atoms with Crippen molar-refractivity contribution in [2.75, 3.05) is 49.5 Å². The Hall–Kier alpha value is -2.38. The SMILES string of the molecule is CCOC(=O)c1c(NC(=O)C[NH+]2CCN(c3ccccc3C)CC2)sc2c1CCC2. The van der Waals surface area contributed by atoms with Crippen LogP contribution in [0.5, 0.6) is 0 Å². The van der Waals surface area contributed by atoms with E-state index in [4.69, 9.17) is 4.74 Å². The molecule has 1 fully saturated rings. The van der Waals surface area contributed by atoms with Crippen LogP contribution in [0.2, 0.25) is 0 Å². The van der Waals surface area contributed by atoms with E-state index in [2.05, 4.69) is 41.4 Å². The number of hydrogen-bond acceptors (Lipinski definition) is 5. The fourth-order valence-corrected chi connectivity index (χ4v) is 5.76. The summed E-state index contributed by atoms with van der Waals surface area (Å²) in [7, 11) is 0. The van der Waals surface area contributed by atoms with Gasteiger partial charge in [0.25, 0.3) is 5.91 Å². The quantitative estimate of drug-likeness (QED) is 0.692. The summed E-state index contributed by atoms with van der Waals surface area (Å²) < 4.78 is 5.25. The fourth-order valence-electron chi connectivity index (χ4n) is 4.47. The molecule has 1 amide bonds. The molecule has 2 aromatic rings. The summed E-state index contributed by atoms with van der Waals surface area (Å²) in [6, 6.07) is 8.45. The molecule has 0 spiro atoms. The summed E-state index contributed by atoms with van der Waals surface area (Å²) in [5, 5.41) is 3.69. The molecule has 1 aromatic carbocycles. The van der Waals surface area contributed by atoms with Crippen molar-refractivity contribution in [2.24, 2.45) is 0 Å². The van der Waals surface area contributed by atoms with Crippen LogP contribution in [-0.2, 0) is 22.4 Å². The van der Waals surface area contributed by atoms with Crippen molar-refractivity contribution in [1.82, 2.24) is 0 Å². The van der Waals surface area contributed by atoms with Crippen molar-refractivity contribution in [2.45, 2.75) is 33.1 Å². The van der Waals surface area contributed by atoms with Crippen molar-refractivity contribution >= 4 is 33.9 Å². The molecule has 7 heteroatoms. The first-order chi connectivity index (χ1) is 14.6. The van der Waals surface area contributed by atoms with E-state index in [1.54, 1.807) is 11.3 Å². The van der Waals surface area contributed by atoms with Crippen LogP contribution in [0.1, 0.15) is 39.7 Å². The minimum absolute atomic E-state index is 0.0280. The summed E-state index contributed by atoms with van der Waals surface area (Å²) in [5.74, 6) is -0.341. The van der Waals surface area contributed by atoms with Gasteiger partial charge in [0.15, 0.2) is 6.54 Å². The Labute approximate surface area is 181 Å². The zero-order valence-electron chi connectivity index (χ0n) is 17.8. The molecule has 4 rings (SSSR count). The number of esters is 1. The van der Waals surface area contributed by atoms with Crippen LogP contribution in [0.15, 0.2) is 24.3 Å². The highest BCUT2D eigenvalue weighted by Crippen LogP contribution is 2.39. The van der Waals surface area contributed by atoms with Gasteiger partial charge in [0.05, 0.1) is 38.3 Å². The zero-order valence-corrected chi connectivity index (χ0v) is 18.6. The van der Waals surface area contributed by atoms with Gasteiger partial charge >= 0.3 is 5.97 Å². The number of nitrogens with one attached hydrogen (secondary N) is 2. The monoisotopic (exact) mass is 428 g/mol. The summed E-state index contributed by atoms with van der Waals surface area (Å²) in [4.78, 5) is 30.1. The lowest BCUT2D eigenvalue weighted by Crippen LogP contribution is -3.15. The largest absolute Gasteiger partial charge is 0.462 e. The zero-order chi connectivity index (χ0) is 21.1. The van der Waals surface area contributed by atoms with Gasteiger partial charge in [0.2, 0.25) is 0 Å². The molecule has 1 saturated heterocycles. The van der Waals surface area contributed by atoms with Crippen molar-refractivity contribution in [3.8, 4) is 0 Å². The summed E-state index contributed by atoms with van der Waals surface area (Å²) in [5.41, 5.74) is 4.24. The van der Waals surface area contributed by atoms with E-state index in [1.807, 2.05) is 6.92 Å². The number of hydrogen-bond donors (Lipinski definition) is 2. The van der Waals surface area contributed by atoms with Crippen LogP contribution in [0, 0.1) is 6.92 Å². The van der Waals surface area contributed by atoms with Crippen LogP contribution in [-0.4, -0.2) is 51.2 Å². The second-order valence-electron chi connectivity index (χ2n) is 8.03. The summed E-state index contributed by atoms with van der Waals surface area (Å²) >= 11 is 1.54. The van der Waals surface area contributed by atoms with Crippen LogP contribution in [0.4, 0.5) is 10.7 Å². The first kappa shape index (κ1) is 20.9. The highest BCUT2D eigenvalue weighted by molar-refractivity contribution is 7.17. The number of thiophene rings is 1. The van der Waals surface area contributed by atoms with Crippen LogP contribution in [0.25, 0.3) is 0 Å². The Balaban J connectivity index is 1.36. The van der Waals surface area contributed by atoms with Gasteiger partial charge < -0.3 is 19.9 Å². The number of amides is 1. The van der Waals surface area contributed by atoms with Crippen molar-refractivity contribution in [3.63, 3.8) is 0 Å². The topological polar surface area (TPSA) is 63.1 Å². The van der Waals surface area contributed by atoms with Gasteiger partial charge in [-0.15, -0.1) is 11.3 Å². The molecular formula is C23H30N3O3S+. The molecule has 0 saturated carbocycles. The highest BCUT2D eigenvalue weighted by Gasteiger charge is 2.29. The number of para-hydroxylation sites is 1. The number of ether oxygens (including phenoxy) is 1. The molecule has 2 heterocycles. The molecule has 0 bridgehead atoms. The van der Waals surface area contributed by atoms with Crippen molar-refractivity contribution in [1.29, 1.82) is 0 Å². The van der Waals surface area contributed by atoms with Gasteiger partial charge in [0, 0.05) is 10.6 Å². The third-order valence-electron chi connectivity index (χ3n) is 5.99. The average Bonchev–Trinajstić information content (AvgIpc) is 3.30. The van der Waals surface area contributed by atoms with Gasteiger partial charge in [-0.3, -0.25) is 4.79 Å². The van der Waals surface area contributed by atoms with Gasteiger partial charge in [0.1, 0.15) is 5.00 Å². The molecule has 1 aromatic heterocycles. The number of benzene rings is 1. The van der Waals surface area contributed by atoms with E-state index >= 15 is 0 Å². The van der Waals surface area contributed by atoms with Crippen LogP contribution >= 0.6 is 11.3 Å². The van der Waals surface area contributed by atoms with Gasteiger partial charge in [-0.1, -0.05) is 18.2 Å². The maximum Gasteiger partial charge on any atom is 0.341 e. The molecule has 2 aliphatic rings. The second-order valence-corrected chi connectivity index (χ2v) is 9.14. The third kappa shape index (κ3) is 4.37. The summed E-state index contributed by atoms with van der Waals surface area (Å²) in [6.07, 6.45) is 2.94. The normalized spacial score (nSPS) is 16.4. The maximum absolute atomic E-state index is 12.8. The molecule has 30 heavy (non-hydrogen) atoms. The van der Waals surface area contributed by atoms with E-state index in [0.29, 0.717) is 23.7 Å². The Morgan fingerprint density at radius 2 is 1.97 bits per heavy atom. The Kier molecular flexibility index (Phi) is 6.39. The first-order valence-corrected chi connectivity index (χ1v) is 11.6. The Bertz CT molecular complexity index is 932. The van der Waals surface area contributed by atoms with Crippen molar-refractivity contribution < 1.29 is 19.2 Å². The van der Waals surface area contributed by atoms with Crippen molar-refractivity contribution in [3.05, 3.63) is 45.8 Å². The number of carbonyl (C=O) groups excluding carboxylic acids is 2. The predicted octanol–water partition coefficient (Wildman–Crippen LogP) is 2.07. The second kappa shape index (κ2) is 9.18. The predicted molar refractivity (Wildman–Crippen MR) is 120 cm³/mol. The van der Waals surface area contributed by atoms with E-state index in [-0.39, 0.29) is 11.9 Å². The molecule has 0 atom stereocenters. The van der Waals surface area contributed by atoms with E-state index in [9.17, 15) is 9.59 Å². The lowest BCUT2D eigenvalue weighted by atomic mass is 10.1. The number of rotatable bonds is 6. The number of nitrogens with zero attached hydrogens (tertiary/aromatic N) is 1. The van der Waals surface area contributed by atoms with E-state index < -0.39 is 0 Å². The lowest BCUT2D eigenvalue weighted by Gasteiger charge is -2.34. The molecular weight excluding hydrogens is 398 g/mol. The minimum atomic E-state index is -0.314. The number of quaternary nitrogens is 1. The number of piperazine rings is 1. The standard InChI is InChI=1S/C23H29N3O3S/c1-3-29-23(28)21-17-8-6-10-19(17)30-22(21)24-20(27)15-25-11-13-26(14-12-25)18-9-5-4-7-16(18)2/h4-5,7,9H,3,6,8,10-15H2,1-2H3,(H,24,27)/p+1. The van der Waals surface area contributed by atoms with Crippen LogP contribution in [0.3, 0.4) is 0 Å². The van der Waals surface area contributed by atoms with Gasteiger partial charge in [-0.05, 0) is 50.3 Å². The smallest absolute Gasteiger partial charge is 0.341 e. The van der Waals surface area contributed by atoms with Crippen LogP contribution < -0.4 is 15.1 Å². The minimum Gasteiger partial charge on any atom is -0.462 e. The highest BCUT2D eigenvalue weighted by atomic mass is 32.1. The number of carbonyl (C=O) groups is 2. The Morgan fingerprint density at radius 1 is 1.20 bits per heavy atom. The lowest BCUT2D eigenvalue weighted by molar-refractivity contribution is -0.892. The number of anilines is 2. The summed E-state index contributed by atoms with van der Waals surface area (Å²) in [6.45, 7) is 8.44. The van der Waals surface area contributed by atoms with Gasteiger partial charge in [-0.25, -0.2) is 4.79 Å². The molecule has 2 N–H and O–H groups in total. The third-order valence-corrected chi connectivity index (χ3v) is 7.20. The molecule has 6 nitrogen and oxygen atoms in total. The Morgan fingerprint density at radius 3 is 2.70 bits per heavy atom. The molecule has 0 unspecified atom stereocenters. The molecule has 1 aliphatic carbocycles. The molecule has 1 aliphatic heterocycles. The average molecular weight is 429 g/mol. The number of aryl methyl sites for hydroxylation is 2.